The minimum Gasteiger partial charge on any atom is -0.317 e. The molecule has 1 aliphatic heterocycles. The third kappa shape index (κ3) is 4.71. The topological polar surface area (TPSA) is 15.3 Å². The molecule has 19 heavy (non-hydrogen) atoms. The van der Waals surface area contributed by atoms with Crippen LogP contribution >= 0.6 is 28.3 Å². The molecule has 1 aromatic carbocycles. The van der Waals surface area contributed by atoms with Crippen LogP contribution in [0.25, 0.3) is 0 Å². The van der Waals surface area contributed by atoms with Crippen LogP contribution in [0.3, 0.4) is 0 Å². The van der Waals surface area contributed by atoms with E-state index in [1.165, 1.54) is 18.9 Å². The maximum atomic E-state index is 13.8. The van der Waals surface area contributed by atoms with E-state index < -0.39 is 0 Å². The van der Waals surface area contributed by atoms with Crippen molar-refractivity contribution in [2.24, 2.45) is 0 Å². The molecular weight excluding hydrogens is 331 g/mol. The molecule has 1 N–H and O–H groups in total. The van der Waals surface area contributed by atoms with E-state index in [1.807, 2.05) is 6.07 Å². The van der Waals surface area contributed by atoms with Gasteiger partial charge in [-0.05, 0) is 51.5 Å². The molecule has 0 spiro atoms. The molecule has 1 fully saturated rings. The molecule has 1 atom stereocenters. The maximum Gasteiger partial charge on any atom is 0.128 e. The fourth-order valence-corrected chi connectivity index (χ4v) is 2.97. The van der Waals surface area contributed by atoms with Gasteiger partial charge in [-0.15, -0.1) is 12.4 Å². The van der Waals surface area contributed by atoms with Crippen LogP contribution in [0.1, 0.15) is 24.8 Å². The zero-order valence-electron chi connectivity index (χ0n) is 11.2. The van der Waals surface area contributed by atoms with Crippen molar-refractivity contribution in [1.82, 2.24) is 10.2 Å². The maximum absolute atomic E-state index is 13.8. The third-order valence-electron chi connectivity index (χ3n) is 3.64. The summed E-state index contributed by atoms with van der Waals surface area (Å²) in [5.74, 6) is -0.122. The van der Waals surface area contributed by atoms with Gasteiger partial charge in [-0.25, -0.2) is 4.39 Å². The standard InChI is InChI=1S/C14H20BrFN2.ClH/c1-18(11-4-3-8-17-9-7-11)10-12-13(15)5-2-6-14(12)16;/h2,5-6,11,17H,3-4,7-10H2,1H3;1H. The summed E-state index contributed by atoms with van der Waals surface area (Å²) in [6, 6.07) is 5.72. The Bertz CT molecular complexity index is 375. The van der Waals surface area contributed by atoms with Crippen molar-refractivity contribution in [1.29, 1.82) is 0 Å². The molecule has 1 saturated heterocycles. The third-order valence-corrected chi connectivity index (χ3v) is 4.38. The lowest BCUT2D eigenvalue weighted by Crippen LogP contribution is -2.32. The second-order valence-corrected chi connectivity index (χ2v) is 5.80. The number of nitrogens with zero attached hydrogens (tertiary/aromatic N) is 1. The highest BCUT2D eigenvalue weighted by molar-refractivity contribution is 9.10. The lowest BCUT2D eigenvalue weighted by Gasteiger charge is -2.27. The average Bonchev–Trinajstić information content (AvgIpc) is 2.62. The molecule has 1 unspecified atom stereocenters. The summed E-state index contributed by atoms with van der Waals surface area (Å²) in [6.45, 7) is 2.83. The van der Waals surface area contributed by atoms with Crippen LogP contribution in [0.4, 0.5) is 4.39 Å². The van der Waals surface area contributed by atoms with Crippen molar-refractivity contribution in [2.75, 3.05) is 20.1 Å². The fraction of sp³-hybridized carbons (Fsp3) is 0.571. The first-order valence-corrected chi connectivity index (χ1v) is 7.31. The van der Waals surface area contributed by atoms with Gasteiger partial charge in [0.1, 0.15) is 5.82 Å². The van der Waals surface area contributed by atoms with Crippen LogP contribution in [0.15, 0.2) is 22.7 Å². The number of benzene rings is 1. The molecule has 1 aliphatic rings. The van der Waals surface area contributed by atoms with E-state index in [0.29, 0.717) is 12.6 Å². The van der Waals surface area contributed by atoms with Crippen LogP contribution in [0.5, 0.6) is 0 Å². The van der Waals surface area contributed by atoms with E-state index in [2.05, 4.69) is 33.2 Å². The number of hydrogen-bond donors (Lipinski definition) is 1. The van der Waals surface area contributed by atoms with Gasteiger partial charge >= 0.3 is 0 Å². The zero-order chi connectivity index (χ0) is 13.0. The molecule has 2 rings (SSSR count). The van der Waals surface area contributed by atoms with Crippen LogP contribution in [-0.2, 0) is 6.54 Å². The summed E-state index contributed by atoms with van der Waals surface area (Å²) >= 11 is 3.44. The number of rotatable bonds is 3. The van der Waals surface area contributed by atoms with E-state index in [-0.39, 0.29) is 18.2 Å². The molecule has 1 heterocycles. The van der Waals surface area contributed by atoms with Gasteiger partial charge in [0.25, 0.3) is 0 Å². The molecule has 0 bridgehead atoms. The van der Waals surface area contributed by atoms with Crippen molar-refractivity contribution < 1.29 is 4.39 Å². The van der Waals surface area contributed by atoms with Gasteiger partial charge in [-0.2, -0.15) is 0 Å². The average molecular weight is 352 g/mol. The van der Waals surface area contributed by atoms with Gasteiger partial charge in [0, 0.05) is 22.6 Å². The number of nitrogens with one attached hydrogen (secondary N) is 1. The van der Waals surface area contributed by atoms with E-state index in [9.17, 15) is 4.39 Å². The first kappa shape index (κ1) is 16.9. The Kier molecular flexibility index (Phi) is 7.29. The van der Waals surface area contributed by atoms with E-state index in [0.717, 1.165) is 29.5 Å². The van der Waals surface area contributed by atoms with Gasteiger partial charge in [-0.3, -0.25) is 4.90 Å². The summed E-state index contributed by atoms with van der Waals surface area (Å²) in [5.41, 5.74) is 0.761. The summed E-state index contributed by atoms with van der Waals surface area (Å²) in [7, 11) is 2.09. The Morgan fingerprint density at radius 1 is 1.37 bits per heavy atom. The molecule has 1 aromatic rings. The molecule has 0 radical (unpaired) electrons. The fourth-order valence-electron chi connectivity index (χ4n) is 2.50. The summed E-state index contributed by atoms with van der Waals surface area (Å²) in [4.78, 5) is 2.27. The Morgan fingerprint density at radius 3 is 2.89 bits per heavy atom. The highest BCUT2D eigenvalue weighted by atomic mass is 79.9. The van der Waals surface area contributed by atoms with Crippen molar-refractivity contribution in [3.63, 3.8) is 0 Å². The molecule has 0 aromatic heterocycles. The summed E-state index contributed by atoms with van der Waals surface area (Å²) in [6.07, 6.45) is 3.53. The van der Waals surface area contributed by atoms with Gasteiger partial charge < -0.3 is 5.32 Å². The Labute approximate surface area is 129 Å². The Morgan fingerprint density at radius 2 is 2.16 bits per heavy atom. The minimum atomic E-state index is -0.122. The molecule has 2 nitrogen and oxygen atoms in total. The molecule has 5 heteroatoms. The number of hydrogen-bond acceptors (Lipinski definition) is 2. The second-order valence-electron chi connectivity index (χ2n) is 4.95. The summed E-state index contributed by atoms with van der Waals surface area (Å²) in [5, 5.41) is 3.41. The highest BCUT2D eigenvalue weighted by Crippen LogP contribution is 2.23. The lowest BCUT2D eigenvalue weighted by atomic mass is 10.1. The molecule has 0 saturated carbocycles. The smallest absolute Gasteiger partial charge is 0.128 e. The SMILES string of the molecule is CN(Cc1c(F)cccc1Br)C1CCCNCC1.Cl. The van der Waals surface area contributed by atoms with Gasteiger partial charge in [0.2, 0.25) is 0 Å². The quantitative estimate of drug-likeness (QED) is 0.895. The molecule has 108 valence electrons. The first-order valence-electron chi connectivity index (χ1n) is 6.52. The Balaban J connectivity index is 0.00000180. The van der Waals surface area contributed by atoms with Gasteiger partial charge in [-0.1, -0.05) is 22.0 Å². The zero-order valence-corrected chi connectivity index (χ0v) is 13.6. The normalized spacial score (nSPS) is 19.9. The van der Waals surface area contributed by atoms with Crippen molar-refractivity contribution in [3.05, 3.63) is 34.1 Å². The van der Waals surface area contributed by atoms with Crippen LogP contribution < -0.4 is 5.32 Å². The lowest BCUT2D eigenvalue weighted by molar-refractivity contribution is 0.213. The first-order chi connectivity index (χ1) is 8.68. The van der Waals surface area contributed by atoms with Crippen LogP contribution in [0, 0.1) is 5.82 Å². The second kappa shape index (κ2) is 8.20. The summed E-state index contributed by atoms with van der Waals surface area (Å²) < 4.78 is 14.7. The van der Waals surface area contributed by atoms with Crippen molar-refractivity contribution in [2.45, 2.75) is 31.8 Å². The minimum absolute atomic E-state index is 0. The van der Waals surface area contributed by atoms with Gasteiger partial charge in [0.05, 0.1) is 0 Å². The van der Waals surface area contributed by atoms with Crippen LogP contribution in [0.2, 0.25) is 0 Å². The van der Waals surface area contributed by atoms with Gasteiger partial charge in [0.15, 0.2) is 0 Å². The van der Waals surface area contributed by atoms with Crippen molar-refractivity contribution >= 4 is 28.3 Å². The predicted octanol–water partition coefficient (Wildman–Crippen LogP) is 3.58. The Hall–Kier alpha value is -0.160. The van der Waals surface area contributed by atoms with E-state index in [4.69, 9.17) is 0 Å². The molecular formula is C14H21BrClFN2. The monoisotopic (exact) mass is 350 g/mol. The molecule has 0 amide bonds. The molecule has 0 aliphatic carbocycles. The highest BCUT2D eigenvalue weighted by Gasteiger charge is 2.18. The largest absolute Gasteiger partial charge is 0.317 e. The van der Waals surface area contributed by atoms with E-state index in [1.54, 1.807) is 6.07 Å². The number of halogens is 3. The van der Waals surface area contributed by atoms with E-state index >= 15 is 0 Å². The van der Waals surface area contributed by atoms with Crippen LogP contribution in [-0.4, -0.2) is 31.1 Å². The van der Waals surface area contributed by atoms with Crippen molar-refractivity contribution in [3.8, 4) is 0 Å². The predicted molar refractivity (Wildman–Crippen MR) is 83.3 cm³/mol.